The molecule has 1 amide bonds. The SMILES string of the molecule is COC(=O)C1CCC(=O)N(CCc2cn(C(=O)OC(C)(C)C)c3ccccc23)C1. The molecule has 2 aromatic rings. The molecule has 3 rings (SSSR count). The van der Waals surface area contributed by atoms with Crippen molar-refractivity contribution in [1.29, 1.82) is 0 Å². The zero-order valence-electron chi connectivity index (χ0n) is 17.4. The number of ether oxygens (including phenoxy) is 2. The van der Waals surface area contributed by atoms with Crippen molar-refractivity contribution in [2.75, 3.05) is 20.2 Å². The number of fused-ring (bicyclic) bond motifs is 1. The predicted molar refractivity (Wildman–Crippen MR) is 109 cm³/mol. The molecule has 0 aliphatic carbocycles. The lowest BCUT2D eigenvalue weighted by Crippen LogP contribution is -2.43. The molecule has 1 unspecified atom stereocenters. The normalized spacial score (nSPS) is 17.4. The van der Waals surface area contributed by atoms with Crippen LogP contribution in [0.1, 0.15) is 39.2 Å². The Morgan fingerprint density at radius 2 is 1.93 bits per heavy atom. The van der Waals surface area contributed by atoms with Gasteiger partial charge in [0.1, 0.15) is 5.60 Å². The fourth-order valence-electron chi connectivity index (χ4n) is 3.66. The van der Waals surface area contributed by atoms with Crippen molar-refractivity contribution < 1.29 is 23.9 Å². The van der Waals surface area contributed by atoms with Crippen molar-refractivity contribution in [2.24, 2.45) is 5.92 Å². The number of likely N-dealkylation sites (tertiary alicyclic amines) is 1. The fourth-order valence-corrected chi connectivity index (χ4v) is 3.66. The number of carbonyl (C=O) groups excluding carboxylic acids is 3. The van der Waals surface area contributed by atoms with Crippen LogP contribution >= 0.6 is 0 Å². The monoisotopic (exact) mass is 400 g/mol. The Hall–Kier alpha value is -2.83. The van der Waals surface area contributed by atoms with Gasteiger partial charge in [0, 0.05) is 31.1 Å². The Bertz CT molecular complexity index is 925. The topological polar surface area (TPSA) is 77.8 Å². The summed E-state index contributed by atoms with van der Waals surface area (Å²) in [5, 5.41) is 0.951. The summed E-state index contributed by atoms with van der Waals surface area (Å²) in [7, 11) is 1.37. The third-order valence-electron chi connectivity index (χ3n) is 5.07. The maximum atomic E-state index is 12.6. The second-order valence-corrected chi connectivity index (χ2v) is 8.37. The molecule has 1 aliphatic heterocycles. The number of carbonyl (C=O) groups is 3. The minimum Gasteiger partial charge on any atom is -0.469 e. The highest BCUT2D eigenvalue weighted by Crippen LogP contribution is 2.25. The Labute approximate surface area is 170 Å². The van der Waals surface area contributed by atoms with Gasteiger partial charge in [-0.15, -0.1) is 0 Å². The first-order chi connectivity index (χ1) is 13.7. The lowest BCUT2D eigenvalue weighted by atomic mass is 9.97. The van der Waals surface area contributed by atoms with E-state index in [1.54, 1.807) is 11.1 Å². The van der Waals surface area contributed by atoms with E-state index in [0.717, 1.165) is 16.5 Å². The van der Waals surface area contributed by atoms with E-state index in [2.05, 4.69) is 0 Å². The van der Waals surface area contributed by atoms with E-state index in [4.69, 9.17) is 9.47 Å². The maximum Gasteiger partial charge on any atom is 0.419 e. The van der Waals surface area contributed by atoms with E-state index in [0.29, 0.717) is 32.4 Å². The summed E-state index contributed by atoms with van der Waals surface area (Å²) in [6, 6.07) is 7.63. The lowest BCUT2D eigenvalue weighted by Gasteiger charge is -2.31. The van der Waals surface area contributed by atoms with Crippen molar-refractivity contribution in [1.82, 2.24) is 9.47 Å². The third kappa shape index (κ3) is 4.78. The van der Waals surface area contributed by atoms with Crippen LogP contribution < -0.4 is 0 Å². The molecule has 1 aliphatic rings. The number of rotatable bonds is 4. The molecule has 1 fully saturated rings. The molecule has 2 heterocycles. The smallest absolute Gasteiger partial charge is 0.419 e. The van der Waals surface area contributed by atoms with Gasteiger partial charge in [0.25, 0.3) is 0 Å². The van der Waals surface area contributed by atoms with Crippen LogP contribution in [0.25, 0.3) is 10.9 Å². The summed E-state index contributed by atoms with van der Waals surface area (Å²) < 4.78 is 11.9. The van der Waals surface area contributed by atoms with Crippen molar-refractivity contribution in [3.63, 3.8) is 0 Å². The number of esters is 1. The van der Waals surface area contributed by atoms with Crippen LogP contribution in [0.2, 0.25) is 0 Å². The van der Waals surface area contributed by atoms with E-state index in [9.17, 15) is 14.4 Å². The maximum absolute atomic E-state index is 12.6. The molecule has 0 bridgehead atoms. The molecule has 1 atom stereocenters. The van der Waals surface area contributed by atoms with Crippen LogP contribution in [0.5, 0.6) is 0 Å². The Kier molecular flexibility index (Phi) is 5.96. The average molecular weight is 400 g/mol. The van der Waals surface area contributed by atoms with Gasteiger partial charge < -0.3 is 14.4 Å². The van der Waals surface area contributed by atoms with Gasteiger partial charge in [0.15, 0.2) is 0 Å². The molecular formula is C22H28N2O5. The second-order valence-electron chi connectivity index (χ2n) is 8.37. The molecule has 0 radical (unpaired) electrons. The Morgan fingerprint density at radius 1 is 1.21 bits per heavy atom. The summed E-state index contributed by atoms with van der Waals surface area (Å²) in [5.41, 5.74) is 1.14. The standard InChI is InChI=1S/C22H28N2O5/c1-22(2,3)29-21(27)24-14-15(17-7-5-6-8-18(17)24)11-12-23-13-16(20(26)28-4)9-10-19(23)25/h5-8,14,16H,9-13H2,1-4H3. The van der Waals surface area contributed by atoms with Gasteiger partial charge >= 0.3 is 12.1 Å². The zero-order chi connectivity index (χ0) is 21.2. The molecule has 7 nitrogen and oxygen atoms in total. The molecule has 156 valence electrons. The molecule has 1 aromatic heterocycles. The number of aromatic nitrogens is 1. The summed E-state index contributed by atoms with van der Waals surface area (Å²) in [6.45, 7) is 6.34. The van der Waals surface area contributed by atoms with Crippen LogP contribution in [0.4, 0.5) is 4.79 Å². The van der Waals surface area contributed by atoms with E-state index in [1.807, 2.05) is 45.0 Å². The molecular weight excluding hydrogens is 372 g/mol. The van der Waals surface area contributed by atoms with E-state index < -0.39 is 11.7 Å². The molecule has 29 heavy (non-hydrogen) atoms. The number of benzene rings is 1. The highest BCUT2D eigenvalue weighted by molar-refractivity contribution is 5.92. The Morgan fingerprint density at radius 3 is 2.62 bits per heavy atom. The van der Waals surface area contributed by atoms with Gasteiger partial charge in [0.2, 0.25) is 5.91 Å². The first-order valence-corrected chi connectivity index (χ1v) is 9.87. The molecule has 1 aromatic carbocycles. The highest BCUT2D eigenvalue weighted by Gasteiger charge is 2.31. The minimum atomic E-state index is -0.592. The summed E-state index contributed by atoms with van der Waals surface area (Å²) in [6.07, 6.45) is 2.81. The van der Waals surface area contributed by atoms with Crippen LogP contribution in [0, 0.1) is 5.92 Å². The molecule has 0 saturated carbocycles. The van der Waals surface area contributed by atoms with Gasteiger partial charge in [-0.3, -0.25) is 14.2 Å². The summed E-state index contributed by atoms with van der Waals surface area (Å²) >= 11 is 0. The summed E-state index contributed by atoms with van der Waals surface area (Å²) in [4.78, 5) is 38.5. The van der Waals surface area contributed by atoms with Gasteiger partial charge in [-0.25, -0.2) is 4.79 Å². The minimum absolute atomic E-state index is 0.0426. The first-order valence-electron chi connectivity index (χ1n) is 9.87. The lowest BCUT2D eigenvalue weighted by molar-refractivity contribution is -0.150. The van der Waals surface area contributed by atoms with Gasteiger partial charge in [-0.2, -0.15) is 0 Å². The molecule has 1 saturated heterocycles. The van der Waals surface area contributed by atoms with Gasteiger partial charge in [0.05, 0.1) is 18.5 Å². The zero-order valence-corrected chi connectivity index (χ0v) is 17.4. The largest absolute Gasteiger partial charge is 0.469 e. The highest BCUT2D eigenvalue weighted by atomic mass is 16.6. The Balaban J connectivity index is 1.79. The number of amides is 1. The van der Waals surface area contributed by atoms with Crippen molar-refractivity contribution in [2.45, 2.75) is 45.6 Å². The van der Waals surface area contributed by atoms with Crippen LogP contribution in [-0.2, 0) is 25.5 Å². The van der Waals surface area contributed by atoms with E-state index in [-0.39, 0.29) is 17.8 Å². The fraction of sp³-hybridized carbons (Fsp3) is 0.500. The number of methoxy groups -OCH3 is 1. The second kappa shape index (κ2) is 8.27. The number of hydrogen-bond acceptors (Lipinski definition) is 5. The van der Waals surface area contributed by atoms with Crippen LogP contribution in [-0.4, -0.2) is 53.2 Å². The summed E-state index contributed by atoms with van der Waals surface area (Å²) in [5.74, 6) is -0.508. The average Bonchev–Trinajstić information content (AvgIpc) is 3.04. The molecule has 7 heteroatoms. The van der Waals surface area contributed by atoms with E-state index in [1.165, 1.54) is 11.7 Å². The number of hydrogen-bond donors (Lipinski definition) is 0. The quantitative estimate of drug-likeness (QED) is 0.736. The van der Waals surface area contributed by atoms with Crippen molar-refractivity contribution >= 4 is 28.9 Å². The van der Waals surface area contributed by atoms with Crippen molar-refractivity contribution in [3.05, 3.63) is 36.0 Å². The van der Waals surface area contributed by atoms with Gasteiger partial charge in [-0.05, 0) is 45.2 Å². The predicted octanol–water partition coefficient (Wildman–Crippen LogP) is 3.38. The number of para-hydroxylation sites is 1. The van der Waals surface area contributed by atoms with E-state index >= 15 is 0 Å². The molecule has 0 spiro atoms. The third-order valence-corrected chi connectivity index (χ3v) is 5.07. The first kappa shape index (κ1) is 20.9. The van der Waals surface area contributed by atoms with Crippen LogP contribution in [0.3, 0.4) is 0 Å². The number of piperidine rings is 1. The van der Waals surface area contributed by atoms with Gasteiger partial charge in [-0.1, -0.05) is 18.2 Å². The van der Waals surface area contributed by atoms with Crippen LogP contribution in [0.15, 0.2) is 30.5 Å². The number of nitrogens with zero attached hydrogens (tertiary/aromatic N) is 2. The molecule has 0 N–H and O–H groups in total. The van der Waals surface area contributed by atoms with Crippen molar-refractivity contribution in [3.8, 4) is 0 Å².